The average molecular weight is 380 g/mol. The van der Waals surface area contributed by atoms with E-state index in [1.54, 1.807) is 6.26 Å². The molecule has 146 valence electrons. The number of aryl methyl sites for hydroxylation is 1. The first-order valence-electron chi connectivity index (χ1n) is 9.30. The summed E-state index contributed by atoms with van der Waals surface area (Å²) in [6.45, 7) is 5.28. The van der Waals surface area contributed by atoms with E-state index < -0.39 is 11.7 Å². The van der Waals surface area contributed by atoms with Gasteiger partial charge in [0.2, 0.25) is 0 Å². The van der Waals surface area contributed by atoms with Crippen molar-refractivity contribution in [1.29, 1.82) is 0 Å². The molecular weight excluding hydrogens is 357 g/mol. The van der Waals surface area contributed by atoms with Crippen molar-refractivity contribution in [3.05, 3.63) is 41.7 Å². The van der Waals surface area contributed by atoms with Gasteiger partial charge in [-0.3, -0.25) is 4.90 Å². The Morgan fingerprint density at radius 3 is 2.52 bits per heavy atom. The van der Waals surface area contributed by atoms with Crippen LogP contribution in [0, 0.1) is 6.92 Å². The van der Waals surface area contributed by atoms with Crippen LogP contribution in [0.2, 0.25) is 0 Å². The summed E-state index contributed by atoms with van der Waals surface area (Å²) in [6, 6.07) is 2.59. The third-order valence-corrected chi connectivity index (χ3v) is 5.85. The Morgan fingerprint density at radius 1 is 1.15 bits per heavy atom. The van der Waals surface area contributed by atoms with Crippen LogP contribution in [0.1, 0.15) is 42.8 Å². The normalized spacial score (nSPS) is 20.5. The van der Waals surface area contributed by atoms with Gasteiger partial charge in [0.15, 0.2) is 5.89 Å². The Bertz CT molecular complexity index is 779. The van der Waals surface area contributed by atoms with Crippen LogP contribution in [-0.2, 0) is 12.7 Å². The standard InChI is InChI=1S/C19H23F3N4O/c1-14-24-16(13-27-14)12-26-8-2-5-18(26)6-9-25(10-7-18)17-4-3-15(11-23-17)19(20,21)22/h3-4,11,13H,2,5-10,12H2,1H3. The molecule has 5 nitrogen and oxygen atoms in total. The highest BCUT2D eigenvalue weighted by Gasteiger charge is 2.43. The zero-order chi connectivity index (χ0) is 19.1. The summed E-state index contributed by atoms with van der Waals surface area (Å²) in [4.78, 5) is 13.1. The highest BCUT2D eigenvalue weighted by atomic mass is 19.4. The van der Waals surface area contributed by atoms with Crippen molar-refractivity contribution in [3.8, 4) is 0 Å². The minimum absolute atomic E-state index is 0.148. The number of halogens is 3. The SMILES string of the molecule is Cc1nc(CN2CCCC23CCN(c2ccc(C(F)(F)F)cn2)CC3)co1. The van der Waals surface area contributed by atoms with Gasteiger partial charge >= 0.3 is 6.18 Å². The lowest BCUT2D eigenvalue weighted by molar-refractivity contribution is -0.137. The van der Waals surface area contributed by atoms with Crippen LogP contribution >= 0.6 is 0 Å². The van der Waals surface area contributed by atoms with Crippen molar-refractivity contribution < 1.29 is 17.6 Å². The largest absolute Gasteiger partial charge is 0.449 e. The number of aromatic nitrogens is 2. The molecule has 2 aromatic heterocycles. The van der Waals surface area contributed by atoms with Gasteiger partial charge in [-0.2, -0.15) is 13.2 Å². The van der Waals surface area contributed by atoms with E-state index in [0.717, 1.165) is 69.8 Å². The van der Waals surface area contributed by atoms with E-state index in [0.29, 0.717) is 11.7 Å². The number of hydrogen-bond donors (Lipinski definition) is 0. The Hall–Kier alpha value is -2.09. The predicted molar refractivity (Wildman–Crippen MR) is 94.3 cm³/mol. The van der Waals surface area contributed by atoms with Crippen LogP contribution in [0.25, 0.3) is 0 Å². The highest BCUT2D eigenvalue weighted by Crippen LogP contribution is 2.40. The van der Waals surface area contributed by atoms with Crippen LogP contribution in [0.15, 0.2) is 29.0 Å². The van der Waals surface area contributed by atoms with E-state index in [1.807, 2.05) is 6.92 Å². The van der Waals surface area contributed by atoms with Gasteiger partial charge in [-0.1, -0.05) is 0 Å². The van der Waals surface area contributed by atoms with Crippen LogP contribution in [0.5, 0.6) is 0 Å². The van der Waals surface area contributed by atoms with E-state index in [4.69, 9.17) is 4.42 Å². The summed E-state index contributed by atoms with van der Waals surface area (Å²) in [5, 5.41) is 0. The zero-order valence-corrected chi connectivity index (χ0v) is 15.3. The first-order chi connectivity index (χ1) is 12.9. The van der Waals surface area contributed by atoms with E-state index in [2.05, 4.69) is 19.8 Å². The predicted octanol–water partition coefficient (Wildman–Crippen LogP) is 4.03. The molecule has 4 heterocycles. The Labute approximate surface area is 156 Å². The topological polar surface area (TPSA) is 45.4 Å². The summed E-state index contributed by atoms with van der Waals surface area (Å²) in [5.41, 5.74) is 0.403. The number of nitrogens with zero attached hydrogens (tertiary/aromatic N) is 4. The third kappa shape index (κ3) is 3.67. The fraction of sp³-hybridized carbons (Fsp3) is 0.579. The lowest BCUT2D eigenvalue weighted by Crippen LogP contribution is -2.52. The first kappa shape index (κ1) is 18.3. The molecule has 2 aliphatic heterocycles. The van der Waals surface area contributed by atoms with Gasteiger partial charge in [-0.15, -0.1) is 0 Å². The number of pyridine rings is 1. The van der Waals surface area contributed by atoms with Crippen molar-refractivity contribution in [2.75, 3.05) is 24.5 Å². The molecule has 0 radical (unpaired) electrons. The molecule has 27 heavy (non-hydrogen) atoms. The molecule has 2 fully saturated rings. The van der Waals surface area contributed by atoms with E-state index in [1.165, 1.54) is 6.07 Å². The van der Waals surface area contributed by atoms with Gasteiger partial charge in [0.25, 0.3) is 0 Å². The maximum atomic E-state index is 12.7. The summed E-state index contributed by atoms with van der Waals surface area (Å²) < 4.78 is 43.5. The number of alkyl halides is 3. The van der Waals surface area contributed by atoms with Gasteiger partial charge in [-0.25, -0.2) is 9.97 Å². The maximum absolute atomic E-state index is 12.7. The smallest absolute Gasteiger partial charge is 0.417 e. The second kappa shape index (κ2) is 6.82. The zero-order valence-electron chi connectivity index (χ0n) is 15.3. The molecular formula is C19H23F3N4O. The summed E-state index contributed by atoms with van der Waals surface area (Å²) in [5.74, 6) is 1.30. The number of likely N-dealkylation sites (tertiary alicyclic amines) is 1. The Morgan fingerprint density at radius 2 is 1.93 bits per heavy atom. The molecule has 2 aromatic rings. The monoisotopic (exact) mass is 380 g/mol. The van der Waals surface area contributed by atoms with Crippen molar-refractivity contribution in [2.24, 2.45) is 0 Å². The number of hydrogen-bond acceptors (Lipinski definition) is 5. The van der Waals surface area contributed by atoms with Crippen LogP contribution in [0.3, 0.4) is 0 Å². The third-order valence-electron chi connectivity index (χ3n) is 5.85. The van der Waals surface area contributed by atoms with Gasteiger partial charge in [0, 0.05) is 38.3 Å². The molecule has 0 saturated carbocycles. The molecule has 0 aromatic carbocycles. The summed E-state index contributed by atoms with van der Waals surface area (Å²) in [6.07, 6.45) is 2.57. The molecule has 0 aliphatic carbocycles. The van der Waals surface area contributed by atoms with E-state index in [-0.39, 0.29) is 5.54 Å². The Kier molecular flexibility index (Phi) is 4.61. The quantitative estimate of drug-likeness (QED) is 0.804. The highest BCUT2D eigenvalue weighted by molar-refractivity contribution is 5.40. The molecule has 0 atom stereocenters. The molecule has 0 amide bonds. The van der Waals surface area contributed by atoms with Crippen LogP contribution in [0.4, 0.5) is 19.0 Å². The van der Waals surface area contributed by atoms with Crippen molar-refractivity contribution in [1.82, 2.24) is 14.9 Å². The number of piperidine rings is 1. The second-order valence-corrected chi connectivity index (χ2v) is 7.50. The molecule has 1 spiro atoms. The lowest BCUT2D eigenvalue weighted by Gasteiger charge is -2.45. The summed E-state index contributed by atoms with van der Waals surface area (Å²) in [7, 11) is 0. The van der Waals surface area contributed by atoms with Gasteiger partial charge in [-0.05, 0) is 44.4 Å². The molecule has 2 saturated heterocycles. The molecule has 0 N–H and O–H groups in total. The molecule has 0 unspecified atom stereocenters. The van der Waals surface area contributed by atoms with Crippen LogP contribution < -0.4 is 4.90 Å². The maximum Gasteiger partial charge on any atom is 0.417 e. The van der Waals surface area contributed by atoms with Crippen molar-refractivity contribution in [2.45, 2.75) is 50.9 Å². The molecule has 4 rings (SSSR count). The lowest BCUT2D eigenvalue weighted by atomic mass is 9.85. The first-order valence-corrected chi connectivity index (χ1v) is 9.30. The number of oxazole rings is 1. The Balaban J connectivity index is 1.41. The fourth-order valence-electron chi connectivity index (χ4n) is 4.38. The van der Waals surface area contributed by atoms with Gasteiger partial charge in [0.05, 0.1) is 11.3 Å². The second-order valence-electron chi connectivity index (χ2n) is 7.50. The average Bonchev–Trinajstić information content (AvgIpc) is 3.22. The summed E-state index contributed by atoms with van der Waals surface area (Å²) >= 11 is 0. The van der Waals surface area contributed by atoms with E-state index in [9.17, 15) is 13.2 Å². The molecule has 8 heteroatoms. The van der Waals surface area contributed by atoms with Gasteiger partial charge < -0.3 is 9.32 Å². The molecule has 0 bridgehead atoms. The van der Waals surface area contributed by atoms with Crippen molar-refractivity contribution >= 4 is 5.82 Å². The van der Waals surface area contributed by atoms with Crippen LogP contribution in [-0.4, -0.2) is 40.0 Å². The minimum atomic E-state index is -4.35. The number of anilines is 1. The number of rotatable bonds is 3. The van der Waals surface area contributed by atoms with Crippen molar-refractivity contribution in [3.63, 3.8) is 0 Å². The van der Waals surface area contributed by atoms with E-state index >= 15 is 0 Å². The molecule has 2 aliphatic rings. The minimum Gasteiger partial charge on any atom is -0.449 e. The van der Waals surface area contributed by atoms with Gasteiger partial charge in [0.1, 0.15) is 12.1 Å². The fourth-order valence-corrected chi connectivity index (χ4v) is 4.38.